The minimum Gasteiger partial charge on any atom is -0.478 e. The van der Waals surface area contributed by atoms with Crippen LogP contribution >= 0.6 is 11.6 Å². The summed E-state index contributed by atoms with van der Waals surface area (Å²) in [4.78, 5) is 37.3. The van der Waals surface area contributed by atoms with Gasteiger partial charge in [0.15, 0.2) is 5.65 Å². The van der Waals surface area contributed by atoms with Crippen molar-refractivity contribution in [3.8, 4) is 28.4 Å². The number of fused-ring (bicyclic) bond motifs is 1. The van der Waals surface area contributed by atoms with Gasteiger partial charge < -0.3 is 19.7 Å². The lowest BCUT2D eigenvalue weighted by Gasteiger charge is -2.28. The largest absolute Gasteiger partial charge is 0.478 e. The Labute approximate surface area is 219 Å². The fourth-order valence-electron chi connectivity index (χ4n) is 4.73. The number of carboxylic acid groups (broad SMARTS) is 1. The number of ether oxygens (including phenoxy) is 1. The third-order valence-corrected chi connectivity index (χ3v) is 7.06. The maximum absolute atomic E-state index is 12.2. The Morgan fingerprint density at radius 2 is 1.54 bits per heavy atom. The zero-order chi connectivity index (χ0) is 26.1. The number of pyridine rings is 1. The van der Waals surface area contributed by atoms with Crippen molar-refractivity contribution in [3.63, 3.8) is 0 Å². The summed E-state index contributed by atoms with van der Waals surface area (Å²) in [5.41, 5.74) is 4.78. The molecular formula is C28H27ClN4O4. The maximum atomic E-state index is 12.2. The Balaban J connectivity index is 1.30. The number of aromatic nitrogens is 3. The van der Waals surface area contributed by atoms with Crippen molar-refractivity contribution < 1.29 is 19.4 Å². The Morgan fingerprint density at radius 1 is 0.946 bits per heavy atom. The van der Waals surface area contributed by atoms with E-state index < -0.39 is 5.97 Å². The van der Waals surface area contributed by atoms with Gasteiger partial charge >= 0.3 is 5.97 Å². The van der Waals surface area contributed by atoms with Crippen molar-refractivity contribution in [2.45, 2.75) is 31.8 Å². The van der Waals surface area contributed by atoms with Crippen LogP contribution in [0.3, 0.4) is 0 Å². The summed E-state index contributed by atoms with van der Waals surface area (Å²) in [7, 11) is 3.59. The second-order valence-electron chi connectivity index (χ2n) is 9.52. The topological polar surface area (TPSA) is 108 Å². The summed E-state index contributed by atoms with van der Waals surface area (Å²) in [6, 6.07) is 16.7. The highest BCUT2D eigenvalue weighted by Crippen LogP contribution is 2.32. The van der Waals surface area contributed by atoms with E-state index in [1.165, 1.54) is 0 Å². The molecule has 0 unspecified atom stereocenters. The zero-order valence-electron chi connectivity index (χ0n) is 20.6. The smallest absolute Gasteiger partial charge is 0.335 e. The second-order valence-corrected chi connectivity index (χ2v) is 9.92. The van der Waals surface area contributed by atoms with E-state index in [-0.39, 0.29) is 23.5 Å². The summed E-state index contributed by atoms with van der Waals surface area (Å²) in [6.45, 7) is 0. The minimum atomic E-state index is -0.950. The van der Waals surface area contributed by atoms with Gasteiger partial charge in [0.05, 0.1) is 21.8 Å². The van der Waals surface area contributed by atoms with Crippen molar-refractivity contribution in [3.05, 3.63) is 65.2 Å². The average molecular weight is 519 g/mol. The van der Waals surface area contributed by atoms with E-state index in [1.807, 2.05) is 24.3 Å². The monoisotopic (exact) mass is 518 g/mol. The van der Waals surface area contributed by atoms with Crippen LogP contribution in [0.15, 0.2) is 54.6 Å². The lowest BCUT2D eigenvalue weighted by Crippen LogP contribution is -2.34. The van der Waals surface area contributed by atoms with Gasteiger partial charge in [-0.3, -0.25) is 4.79 Å². The van der Waals surface area contributed by atoms with Gasteiger partial charge in [0.2, 0.25) is 5.91 Å². The number of aromatic carboxylic acids is 1. The van der Waals surface area contributed by atoms with E-state index in [0.29, 0.717) is 27.9 Å². The highest BCUT2D eigenvalue weighted by molar-refractivity contribution is 6.33. The van der Waals surface area contributed by atoms with Crippen LogP contribution in [0.5, 0.6) is 6.01 Å². The first-order valence-corrected chi connectivity index (χ1v) is 12.5. The van der Waals surface area contributed by atoms with Gasteiger partial charge in [-0.25, -0.2) is 9.78 Å². The molecule has 8 nitrogen and oxygen atoms in total. The fourth-order valence-corrected chi connectivity index (χ4v) is 4.99. The molecule has 0 bridgehead atoms. The van der Waals surface area contributed by atoms with E-state index in [0.717, 1.165) is 42.4 Å². The molecule has 0 spiro atoms. The highest BCUT2D eigenvalue weighted by atomic mass is 35.5. The molecule has 37 heavy (non-hydrogen) atoms. The lowest BCUT2D eigenvalue weighted by molar-refractivity contribution is -0.134. The van der Waals surface area contributed by atoms with Gasteiger partial charge in [-0.1, -0.05) is 48.0 Å². The third kappa shape index (κ3) is 5.29. The Hall–Kier alpha value is -3.91. The third-order valence-electron chi connectivity index (χ3n) is 6.77. The average Bonchev–Trinajstić information content (AvgIpc) is 3.29. The van der Waals surface area contributed by atoms with Gasteiger partial charge in [-0.05, 0) is 55.0 Å². The molecule has 0 radical (unpaired) electrons. The SMILES string of the molecule is CN(C)C(=O)C1CCC(Oc2nc3nc(-c4ccc(-c5ccc(C(=O)O)cc5)cc4)c(Cl)cc3[nH]2)CC1. The van der Waals surface area contributed by atoms with Crippen LogP contribution in [0.4, 0.5) is 0 Å². The molecule has 5 rings (SSSR count). The molecule has 0 aliphatic heterocycles. The van der Waals surface area contributed by atoms with E-state index in [2.05, 4.69) is 15.0 Å². The molecular weight excluding hydrogens is 492 g/mol. The quantitative estimate of drug-likeness (QED) is 0.340. The molecule has 1 saturated carbocycles. The number of carbonyl (C=O) groups excluding carboxylic acids is 1. The summed E-state index contributed by atoms with van der Waals surface area (Å²) in [6.07, 6.45) is 3.20. The number of hydrogen-bond acceptors (Lipinski definition) is 5. The molecule has 2 aromatic carbocycles. The number of imidazole rings is 1. The van der Waals surface area contributed by atoms with Crippen molar-refractivity contribution in [2.24, 2.45) is 5.92 Å². The van der Waals surface area contributed by atoms with Crippen LogP contribution in [0.2, 0.25) is 5.02 Å². The minimum absolute atomic E-state index is 0.00109. The fraction of sp³-hybridized carbons (Fsp3) is 0.286. The Kier molecular flexibility index (Phi) is 6.84. The number of aromatic amines is 1. The molecule has 190 valence electrons. The number of rotatable bonds is 6. The maximum Gasteiger partial charge on any atom is 0.335 e. The first kappa shape index (κ1) is 24.8. The Morgan fingerprint density at radius 3 is 2.14 bits per heavy atom. The van der Waals surface area contributed by atoms with Crippen molar-refractivity contribution in [1.82, 2.24) is 19.9 Å². The predicted molar refractivity (Wildman–Crippen MR) is 142 cm³/mol. The molecule has 2 N–H and O–H groups in total. The first-order chi connectivity index (χ1) is 17.8. The number of carbonyl (C=O) groups is 2. The lowest BCUT2D eigenvalue weighted by atomic mass is 9.86. The van der Waals surface area contributed by atoms with E-state index in [1.54, 1.807) is 49.3 Å². The normalized spacial score (nSPS) is 17.5. The molecule has 2 aromatic heterocycles. The Bertz CT molecular complexity index is 1440. The number of benzene rings is 2. The van der Waals surface area contributed by atoms with Crippen LogP contribution in [-0.2, 0) is 4.79 Å². The molecule has 0 saturated heterocycles. The summed E-state index contributed by atoms with van der Waals surface area (Å²) >= 11 is 6.57. The van der Waals surface area contributed by atoms with E-state index >= 15 is 0 Å². The highest BCUT2D eigenvalue weighted by Gasteiger charge is 2.28. The molecule has 1 fully saturated rings. The van der Waals surface area contributed by atoms with Gasteiger partial charge in [0.25, 0.3) is 6.01 Å². The molecule has 1 aliphatic carbocycles. The number of H-pyrrole nitrogens is 1. The van der Waals surface area contributed by atoms with E-state index in [4.69, 9.17) is 21.4 Å². The standard InChI is InChI=1S/C28H27ClN4O4/c1-33(2)26(34)19-11-13-21(14-12-19)37-28-30-23-15-22(29)24(31-25(23)32-28)18-7-3-16(4-8-18)17-5-9-20(10-6-17)27(35)36/h3-10,15,19,21H,11-14H2,1-2H3,(H,35,36)(H,30,31,32). The van der Waals surface area contributed by atoms with Gasteiger partial charge in [-0.2, -0.15) is 4.98 Å². The summed E-state index contributed by atoms with van der Waals surface area (Å²) < 4.78 is 6.09. The van der Waals surface area contributed by atoms with Gasteiger partial charge in [-0.15, -0.1) is 0 Å². The van der Waals surface area contributed by atoms with Crippen LogP contribution in [0.1, 0.15) is 36.0 Å². The number of halogens is 1. The molecule has 1 aliphatic rings. The van der Waals surface area contributed by atoms with Crippen LogP contribution in [-0.4, -0.2) is 57.0 Å². The molecule has 9 heteroatoms. The van der Waals surface area contributed by atoms with Crippen molar-refractivity contribution >= 4 is 34.6 Å². The molecule has 2 heterocycles. The zero-order valence-corrected chi connectivity index (χ0v) is 21.3. The molecule has 0 atom stereocenters. The summed E-state index contributed by atoms with van der Waals surface area (Å²) in [5.74, 6) is -0.712. The number of nitrogens with zero attached hydrogens (tertiary/aromatic N) is 3. The molecule has 4 aromatic rings. The summed E-state index contributed by atoms with van der Waals surface area (Å²) in [5, 5.41) is 9.58. The number of amides is 1. The number of hydrogen-bond donors (Lipinski definition) is 2. The predicted octanol–water partition coefficient (Wildman–Crippen LogP) is 5.67. The van der Waals surface area contributed by atoms with Crippen molar-refractivity contribution in [1.29, 1.82) is 0 Å². The molecule has 1 amide bonds. The van der Waals surface area contributed by atoms with Gasteiger partial charge in [0.1, 0.15) is 6.10 Å². The second kappa shape index (κ2) is 10.2. The first-order valence-electron chi connectivity index (χ1n) is 12.2. The van der Waals surface area contributed by atoms with Crippen LogP contribution in [0.25, 0.3) is 33.5 Å². The number of nitrogens with one attached hydrogen (secondary N) is 1. The van der Waals surface area contributed by atoms with E-state index in [9.17, 15) is 9.59 Å². The van der Waals surface area contributed by atoms with Gasteiger partial charge in [0, 0.05) is 25.6 Å². The van der Waals surface area contributed by atoms with Crippen LogP contribution in [0, 0.1) is 5.92 Å². The van der Waals surface area contributed by atoms with Crippen molar-refractivity contribution in [2.75, 3.05) is 14.1 Å². The van der Waals surface area contributed by atoms with Crippen LogP contribution < -0.4 is 4.74 Å². The number of carboxylic acids is 1.